The Morgan fingerprint density at radius 1 is 0.800 bits per heavy atom. The number of hydrogen-bond donors (Lipinski definition) is 1. The van der Waals surface area contributed by atoms with Gasteiger partial charge in [-0.25, -0.2) is 9.59 Å². The van der Waals surface area contributed by atoms with Gasteiger partial charge in [0.25, 0.3) is 5.91 Å². The predicted octanol–water partition coefficient (Wildman–Crippen LogP) is 6.56. The molecule has 2 aliphatic rings. The normalized spacial score (nSPS) is 15.6. The lowest BCUT2D eigenvalue weighted by molar-refractivity contribution is 0.0221. The van der Waals surface area contributed by atoms with Gasteiger partial charge >= 0.3 is 12.2 Å². The SMILES string of the molecule is Cc1cc(NC(=O)c2ccc3c(c2)CCN(C(=O)OC(C)(C)C)C3)ccc1C1=CCN(C(=O)OC(C)(C)C)CC1. The number of anilines is 1. The molecule has 0 saturated carbocycles. The highest BCUT2D eigenvalue weighted by atomic mass is 16.6. The maximum atomic E-state index is 13.1. The second-order valence-corrected chi connectivity index (χ2v) is 12.5. The van der Waals surface area contributed by atoms with Gasteiger partial charge in [0, 0.05) is 37.4 Å². The van der Waals surface area contributed by atoms with Crippen molar-refractivity contribution < 1.29 is 23.9 Å². The van der Waals surface area contributed by atoms with Crippen LogP contribution in [0.1, 0.15) is 80.6 Å². The zero-order valence-corrected chi connectivity index (χ0v) is 24.7. The highest BCUT2D eigenvalue weighted by molar-refractivity contribution is 6.04. The van der Waals surface area contributed by atoms with Crippen molar-refractivity contribution in [3.05, 3.63) is 70.3 Å². The van der Waals surface area contributed by atoms with Crippen molar-refractivity contribution in [2.75, 3.05) is 25.0 Å². The number of carbonyl (C=O) groups excluding carboxylic acids is 3. The van der Waals surface area contributed by atoms with Gasteiger partial charge < -0.3 is 24.6 Å². The molecule has 0 fully saturated rings. The van der Waals surface area contributed by atoms with Gasteiger partial charge in [0.15, 0.2) is 0 Å². The third kappa shape index (κ3) is 7.43. The fraction of sp³-hybridized carbons (Fsp3) is 0.469. The average Bonchev–Trinajstić information content (AvgIpc) is 2.86. The molecular formula is C32H41N3O5. The van der Waals surface area contributed by atoms with Gasteiger partial charge in [0.2, 0.25) is 0 Å². The summed E-state index contributed by atoms with van der Waals surface area (Å²) >= 11 is 0. The minimum Gasteiger partial charge on any atom is -0.444 e. The first kappa shape index (κ1) is 29.2. The molecule has 0 saturated heterocycles. The highest BCUT2D eigenvalue weighted by Crippen LogP contribution is 2.28. The monoisotopic (exact) mass is 547 g/mol. The molecule has 0 spiro atoms. The van der Waals surface area contributed by atoms with E-state index in [1.807, 2.05) is 78.8 Å². The Labute approximate surface area is 237 Å². The number of carbonyl (C=O) groups is 3. The van der Waals surface area contributed by atoms with Crippen LogP contribution in [0.3, 0.4) is 0 Å². The minimum absolute atomic E-state index is 0.172. The van der Waals surface area contributed by atoms with Crippen molar-refractivity contribution in [3.8, 4) is 0 Å². The van der Waals surface area contributed by atoms with E-state index in [0.717, 1.165) is 34.4 Å². The summed E-state index contributed by atoms with van der Waals surface area (Å²) in [5.74, 6) is -0.172. The summed E-state index contributed by atoms with van der Waals surface area (Å²) in [6, 6.07) is 11.6. The first-order valence-electron chi connectivity index (χ1n) is 13.9. The standard InChI is InChI=1S/C32H41N3O5/c1-21-18-26(10-11-27(21)22-12-15-34(16-13-22)29(37)39-31(2,3)4)33-28(36)24-8-9-25-20-35(17-14-23(25)19-24)30(38)40-32(5,6)7/h8-12,18-19H,13-17,20H2,1-7H3,(H,33,36). The number of rotatable bonds is 3. The highest BCUT2D eigenvalue weighted by Gasteiger charge is 2.27. The van der Waals surface area contributed by atoms with Crippen LogP contribution in [0.25, 0.3) is 5.57 Å². The Balaban J connectivity index is 1.37. The van der Waals surface area contributed by atoms with Crippen LogP contribution in [-0.2, 0) is 22.4 Å². The van der Waals surface area contributed by atoms with Gasteiger partial charge in [-0.1, -0.05) is 18.2 Å². The van der Waals surface area contributed by atoms with Crippen molar-refractivity contribution >= 4 is 29.4 Å². The average molecular weight is 548 g/mol. The Kier molecular flexibility index (Phi) is 8.28. The van der Waals surface area contributed by atoms with E-state index in [-0.39, 0.29) is 18.1 Å². The fourth-order valence-corrected chi connectivity index (χ4v) is 4.89. The summed E-state index contributed by atoms with van der Waals surface area (Å²) in [6.45, 7) is 15.3. The number of ether oxygens (including phenoxy) is 2. The Bertz CT molecular complexity index is 1330. The molecule has 4 rings (SSSR count). The van der Waals surface area contributed by atoms with E-state index >= 15 is 0 Å². The first-order valence-corrected chi connectivity index (χ1v) is 13.9. The summed E-state index contributed by atoms with van der Waals surface area (Å²) < 4.78 is 11.0. The zero-order valence-electron chi connectivity index (χ0n) is 24.7. The van der Waals surface area contributed by atoms with Crippen LogP contribution >= 0.6 is 0 Å². The molecule has 2 heterocycles. The summed E-state index contributed by atoms with van der Waals surface area (Å²) in [4.78, 5) is 41.3. The molecule has 0 unspecified atom stereocenters. The van der Waals surface area contributed by atoms with Crippen LogP contribution in [0.2, 0.25) is 0 Å². The van der Waals surface area contributed by atoms with Gasteiger partial charge in [0.1, 0.15) is 11.2 Å². The van der Waals surface area contributed by atoms with E-state index in [1.54, 1.807) is 15.9 Å². The van der Waals surface area contributed by atoms with Gasteiger partial charge in [-0.2, -0.15) is 0 Å². The van der Waals surface area contributed by atoms with Crippen molar-refractivity contribution in [1.82, 2.24) is 9.80 Å². The van der Waals surface area contributed by atoms with E-state index in [0.29, 0.717) is 38.2 Å². The van der Waals surface area contributed by atoms with E-state index in [4.69, 9.17) is 9.47 Å². The second kappa shape index (κ2) is 11.4. The molecule has 2 aliphatic heterocycles. The molecule has 0 atom stereocenters. The fourth-order valence-electron chi connectivity index (χ4n) is 4.89. The number of fused-ring (bicyclic) bond motifs is 1. The summed E-state index contributed by atoms with van der Waals surface area (Å²) in [5.41, 5.74) is 5.73. The molecule has 2 aromatic rings. The molecule has 214 valence electrons. The quantitative estimate of drug-likeness (QED) is 0.470. The smallest absolute Gasteiger partial charge is 0.410 e. The molecule has 0 radical (unpaired) electrons. The zero-order chi connectivity index (χ0) is 29.2. The van der Waals surface area contributed by atoms with Crippen LogP contribution in [0.5, 0.6) is 0 Å². The number of hydrogen-bond acceptors (Lipinski definition) is 5. The Morgan fingerprint density at radius 3 is 2.05 bits per heavy atom. The van der Waals surface area contributed by atoms with Crippen LogP contribution in [-0.4, -0.2) is 58.7 Å². The molecular weight excluding hydrogens is 506 g/mol. The molecule has 0 bridgehead atoms. The van der Waals surface area contributed by atoms with Crippen LogP contribution in [0, 0.1) is 6.92 Å². The van der Waals surface area contributed by atoms with Gasteiger partial charge in [-0.3, -0.25) is 4.79 Å². The van der Waals surface area contributed by atoms with E-state index in [9.17, 15) is 14.4 Å². The largest absolute Gasteiger partial charge is 0.444 e. The summed E-state index contributed by atoms with van der Waals surface area (Å²) in [5, 5.41) is 3.02. The molecule has 1 N–H and O–H groups in total. The van der Waals surface area contributed by atoms with Gasteiger partial charge in [0.05, 0.1) is 0 Å². The molecule has 0 aromatic heterocycles. The number of benzene rings is 2. The van der Waals surface area contributed by atoms with E-state index in [2.05, 4.69) is 11.4 Å². The molecule has 8 nitrogen and oxygen atoms in total. The number of nitrogens with one attached hydrogen (secondary N) is 1. The lowest BCUT2D eigenvalue weighted by Crippen LogP contribution is -2.39. The topological polar surface area (TPSA) is 88.2 Å². The Hall–Kier alpha value is -3.81. The predicted molar refractivity (Wildman–Crippen MR) is 156 cm³/mol. The summed E-state index contributed by atoms with van der Waals surface area (Å²) in [6.07, 6.45) is 2.88. The van der Waals surface area contributed by atoms with Crippen LogP contribution in [0.15, 0.2) is 42.5 Å². The molecule has 8 heteroatoms. The van der Waals surface area contributed by atoms with Crippen molar-refractivity contribution in [3.63, 3.8) is 0 Å². The molecule has 40 heavy (non-hydrogen) atoms. The maximum Gasteiger partial charge on any atom is 0.410 e. The molecule has 3 amide bonds. The molecule has 2 aromatic carbocycles. The first-order chi connectivity index (χ1) is 18.7. The second-order valence-electron chi connectivity index (χ2n) is 12.5. The van der Waals surface area contributed by atoms with Gasteiger partial charge in [-0.15, -0.1) is 0 Å². The third-order valence-electron chi connectivity index (χ3n) is 6.82. The number of amides is 3. The maximum absolute atomic E-state index is 13.1. The van der Waals surface area contributed by atoms with Crippen molar-refractivity contribution in [1.29, 1.82) is 0 Å². The minimum atomic E-state index is -0.536. The third-order valence-corrected chi connectivity index (χ3v) is 6.82. The van der Waals surface area contributed by atoms with E-state index < -0.39 is 11.2 Å². The van der Waals surface area contributed by atoms with Gasteiger partial charge in [-0.05, 0) is 113 Å². The van der Waals surface area contributed by atoms with Crippen LogP contribution < -0.4 is 5.32 Å². The number of aryl methyl sites for hydroxylation is 1. The summed E-state index contributed by atoms with van der Waals surface area (Å²) in [7, 11) is 0. The lowest BCUT2D eigenvalue weighted by Gasteiger charge is -2.31. The lowest BCUT2D eigenvalue weighted by atomic mass is 9.95. The van der Waals surface area contributed by atoms with Crippen LogP contribution in [0.4, 0.5) is 15.3 Å². The van der Waals surface area contributed by atoms with Crippen molar-refractivity contribution in [2.24, 2.45) is 0 Å². The van der Waals surface area contributed by atoms with E-state index in [1.165, 1.54) is 5.57 Å². The van der Waals surface area contributed by atoms with Crippen molar-refractivity contribution in [2.45, 2.75) is 79.1 Å². The molecule has 0 aliphatic carbocycles. The number of nitrogens with zero attached hydrogens (tertiary/aromatic N) is 2. The Morgan fingerprint density at radius 2 is 1.45 bits per heavy atom.